The van der Waals surface area contributed by atoms with E-state index >= 15 is 0 Å². The minimum absolute atomic E-state index is 0.532. The van der Waals surface area contributed by atoms with Crippen molar-refractivity contribution in [3.05, 3.63) is 53.9 Å². The lowest BCUT2D eigenvalue weighted by atomic mass is 10.2. The number of aromatic nitrogens is 3. The number of fused-ring (bicyclic) bond motifs is 1. The highest BCUT2D eigenvalue weighted by atomic mass is 15.2. The molecule has 3 rings (SSSR count). The van der Waals surface area contributed by atoms with Crippen molar-refractivity contribution in [2.75, 3.05) is 5.73 Å². The van der Waals surface area contributed by atoms with Crippen LogP contribution >= 0.6 is 0 Å². The highest BCUT2D eigenvalue weighted by molar-refractivity contribution is 5.81. The second-order valence-electron chi connectivity index (χ2n) is 4.32. The van der Waals surface area contributed by atoms with Crippen LogP contribution in [0.25, 0.3) is 11.0 Å². The van der Waals surface area contributed by atoms with E-state index in [4.69, 9.17) is 5.73 Å². The molecule has 90 valence electrons. The largest absolute Gasteiger partial charge is 0.369 e. The minimum atomic E-state index is 0.532. The molecule has 4 heteroatoms. The summed E-state index contributed by atoms with van der Waals surface area (Å²) < 4.78 is 1.99. The number of hydrogen-bond donors (Lipinski definition) is 1. The van der Waals surface area contributed by atoms with Crippen LogP contribution in [0.15, 0.2) is 42.6 Å². The zero-order valence-electron chi connectivity index (χ0n) is 10.2. The van der Waals surface area contributed by atoms with Crippen LogP contribution in [0.1, 0.15) is 11.3 Å². The van der Waals surface area contributed by atoms with Gasteiger partial charge in [0.05, 0.1) is 23.3 Å². The third-order valence-electron chi connectivity index (χ3n) is 3.06. The maximum absolute atomic E-state index is 5.99. The van der Waals surface area contributed by atoms with E-state index in [1.54, 1.807) is 6.20 Å². The molecule has 0 saturated carbocycles. The molecule has 4 nitrogen and oxygen atoms in total. The Labute approximate surface area is 105 Å². The fourth-order valence-electron chi connectivity index (χ4n) is 2.12. The third kappa shape index (κ3) is 1.72. The Morgan fingerprint density at radius 1 is 1.17 bits per heavy atom. The summed E-state index contributed by atoms with van der Waals surface area (Å²) in [7, 11) is 0. The van der Waals surface area contributed by atoms with Gasteiger partial charge in [0.1, 0.15) is 0 Å². The quantitative estimate of drug-likeness (QED) is 0.745. The van der Waals surface area contributed by atoms with E-state index in [-0.39, 0.29) is 0 Å². The van der Waals surface area contributed by atoms with Crippen LogP contribution in [-0.4, -0.2) is 14.5 Å². The smallest absolute Gasteiger partial charge is 0.201 e. The standard InChI is InChI=1S/C14H14N4/c1-10-5-4-7-12-13(10)17-14(15)18(12)9-11-6-2-3-8-16-11/h2-8H,9H2,1H3,(H2,15,17). The van der Waals surface area contributed by atoms with Gasteiger partial charge in [0.15, 0.2) is 0 Å². The van der Waals surface area contributed by atoms with Gasteiger partial charge in [0.2, 0.25) is 5.95 Å². The molecule has 0 aliphatic rings. The van der Waals surface area contributed by atoms with Crippen molar-refractivity contribution in [1.29, 1.82) is 0 Å². The number of aryl methyl sites for hydroxylation is 1. The molecule has 3 aromatic rings. The van der Waals surface area contributed by atoms with Crippen LogP contribution in [0.2, 0.25) is 0 Å². The van der Waals surface area contributed by atoms with Crippen LogP contribution < -0.4 is 5.73 Å². The maximum Gasteiger partial charge on any atom is 0.201 e. The van der Waals surface area contributed by atoms with E-state index in [9.17, 15) is 0 Å². The molecule has 18 heavy (non-hydrogen) atoms. The lowest BCUT2D eigenvalue weighted by Gasteiger charge is -2.05. The number of benzene rings is 1. The Morgan fingerprint density at radius 2 is 2.06 bits per heavy atom. The average Bonchev–Trinajstić information content (AvgIpc) is 2.70. The normalized spacial score (nSPS) is 10.9. The maximum atomic E-state index is 5.99. The molecule has 0 saturated heterocycles. The molecular weight excluding hydrogens is 224 g/mol. The third-order valence-corrected chi connectivity index (χ3v) is 3.06. The average molecular weight is 238 g/mol. The predicted octanol–water partition coefficient (Wildman–Crippen LogP) is 2.37. The number of pyridine rings is 1. The van der Waals surface area contributed by atoms with Crippen molar-refractivity contribution < 1.29 is 0 Å². The fourth-order valence-corrected chi connectivity index (χ4v) is 2.12. The molecule has 0 spiro atoms. The number of hydrogen-bond acceptors (Lipinski definition) is 3. The van der Waals surface area contributed by atoms with Crippen LogP contribution in [0.3, 0.4) is 0 Å². The first kappa shape index (κ1) is 10.8. The van der Waals surface area contributed by atoms with Gasteiger partial charge in [-0.25, -0.2) is 4.98 Å². The Hall–Kier alpha value is -2.36. The van der Waals surface area contributed by atoms with Gasteiger partial charge in [-0.15, -0.1) is 0 Å². The van der Waals surface area contributed by atoms with Crippen molar-refractivity contribution in [2.24, 2.45) is 0 Å². The number of rotatable bonds is 2. The lowest BCUT2D eigenvalue weighted by Crippen LogP contribution is -2.05. The topological polar surface area (TPSA) is 56.7 Å². The minimum Gasteiger partial charge on any atom is -0.369 e. The summed E-state index contributed by atoms with van der Waals surface area (Å²) in [5, 5.41) is 0. The molecule has 0 unspecified atom stereocenters. The summed E-state index contributed by atoms with van der Waals surface area (Å²) >= 11 is 0. The first-order chi connectivity index (χ1) is 8.75. The van der Waals surface area contributed by atoms with Crippen molar-refractivity contribution in [1.82, 2.24) is 14.5 Å². The molecule has 0 bridgehead atoms. The van der Waals surface area contributed by atoms with Gasteiger partial charge in [-0.3, -0.25) is 4.98 Å². The Balaban J connectivity index is 2.12. The molecule has 2 aromatic heterocycles. The molecule has 0 amide bonds. The van der Waals surface area contributed by atoms with Gasteiger partial charge in [0.25, 0.3) is 0 Å². The van der Waals surface area contributed by atoms with Crippen LogP contribution in [-0.2, 0) is 6.54 Å². The van der Waals surface area contributed by atoms with Crippen molar-refractivity contribution in [3.63, 3.8) is 0 Å². The van der Waals surface area contributed by atoms with Crippen molar-refractivity contribution in [3.8, 4) is 0 Å². The predicted molar refractivity (Wildman–Crippen MR) is 72.2 cm³/mol. The number of para-hydroxylation sites is 1. The summed E-state index contributed by atoms with van der Waals surface area (Å²) in [5.41, 5.74) is 10.1. The summed E-state index contributed by atoms with van der Waals surface area (Å²) in [6.45, 7) is 2.69. The Bertz CT molecular complexity index is 686. The summed E-state index contributed by atoms with van der Waals surface area (Å²) in [6.07, 6.45) is 1.79. The number of nitrogen functional groups attached to an aromatic ring is 1. The van der Waals surface area contributed by atoms with E-state index < -0.39 is 0 Å². The molecule has 1 aromatic carbocycles. The van der Waals surface area contributed by atoms with E-state index in [0.717, 1.165) is 22.3 Å². The highest BCUT2D eigenvalue weighted by Gasteiger charge is 2.10. The fraction of sp³-hybridized carbons (Fsp3) is 0.143. The molecular formula is C14H14N4. The first-order valence-electron chi connectivity index (χ1n) is 5.87. The van der Waals surface area contributed by atoms with E-state index in [1.807, 2.05) is 47.9 Å². The summed E-state index contributed by atoms with van der Waals surface area (Å²) in [4.78, 5) is 8.74. The van der Waals surface area contributed by atoms with Crippen molar-refractivity contribution in [2.45, 2.75) is 13.5 Å². The highest BCUT2D eigenvalue weighted by Crippen LogP contribution is 2.21. The zero-order valence-corrected chi connectivity index (χ0v) is 10.2. The van der Waals surface area contributed by atoms with Crippen LogP contribution in [0.4, 0.5) is 5.95 Å². The van der Waals surface area contributed by atoms with Crippen LogP contribution in [0, 0.1) is 6.92 Å². The monoisotopic (exact) mass is 238 g/mol. The molecule has 0 radical (unpaired) electrons. The summed E-state index contributed by atoms with van der Waals surface area (Å²) in [6, 6.07) is 12.0. The van der Waals surface area contributed by atoms with Gasteiger partial charge in [0, 0.05) is 6.20 Å². The van der Waals surface area contributed by atoms with Crippen molar-refractivity contribution >= 4 is 17.0 Å². The molecule has 2 N–H and O–H groups in total. The van der Waals surface area contributed by atoms with Gasteiger partial charge >= 0.3 is 0 Å². The molecule has 0 aliphatic heterocycles. The van der Waals surface area contributed by atoms with Gasteiger partial charge in [-0.1, -0.05) is 18.2 Å². The molecule has 0 aliphatic carbocycles. The first-order valence-corrected chi connectivity index (χ1v) is 5.87. The number of anilines is 1. The second-order valence-corrected chi connectivity index (χ2v) is 4.32. The Morgan fingerprint density at radius 3 is 2.83 bits per heavy atom. The lowest BCUT2D eigenvalue weighted by molar-refractivity contribution is 0.809. The molecule has 0 fully saturated rings. The van der Waals surface area contributed by atoms with Gasteiger partial charge < -0.3 is 10.3 Å². The SMILES string of the molecule is Cc1cccc2c1nc(N)n2Cc1ccccn1. The van der Waals surface area contributed by atoms with E-state index in [0.29, 0.717) is 12.5 Å². The van der Waals surface area contributed by atoms with E-state index in [1.165, 1.54) is 0 Å². The number of nitrogens with zero attached hydrogens (tertiary/aromatic N) is 3. The van der Waals surface area contributed by atoms with Gasteiger partial charge in [-0.2, -0.15) is 0 Å². The van der Waals surface area contributed by atoms with Gasteiger partial charge in [-0.05, 0) is 30.7 Å². The van der Waals surface area contributed by atoms with Crippen LogP contribution in [0.5, 0.6) is 0 Å². The second kappa shape index (κ2) is 4.14. The van der Waals surface area contributed by atoms with E-state index in [2.05, 4.69) is 9.97 Å². The summed E-state index contributed by atoms with van der Waals surface area (Å²) in [5.74, 6) is 0.532. The Kier molecular flexibility index (Phi) is 2.48. The number of imidazole rings is 1. The molecule has 0 atom stereocenters. The zero-order chi connectivity index (χ0) is 12.5. The molecule has 2 heterocycles. The number of nitrogens with two attached hydrogens (primary N) is 1.